The molecule has 0 bridgehead atoms. The molecular weight excluding hydrogens is 112 g/mol. The summed E-state index contributed by atoms with van der Waals surface area (Å²) < 4.78 is 0. The lowest BCUT2D eigenvalue weighted by Crippen LogP contribution is -2.39. The fourth-order valence-electron chi connectivity index (χ4n) is 1.19. The minimum atomic E-state index is 0.616. The van der Waals surface area contributed by atoms with Gasteiger partial charge in [0, 0.05) is 6.04 Å². The highest BCUT2D eigenvalue weighted by Crippen LogP contribution is 2.00. The average Bonchev–Trinajstić information content (AvgIpc) is 1.91. The van der Waals surface area contributed by atoms with E-state index in [0.29, 0.717) is 12.6 Å². The van der Waals surface area contributed by atoms with Crippen LogP contribution in [-0.4, -0.2) is 25.7 Å². The van der Waals surface area contributed by atoms with Crippen molar-refractivity contribution in [3.05, 3.63) is 6.92 Å². The molecule has 9 heavy (non-hydrogen) atoms. The number of hydrogen-bond donors (Lipinski definition) is 2. The first-order valence-electron chi connectivity index (χ1n) is 3.57. The molecule has 0 atom stereocenters. The van der Waals surface area contributed by atoms with Gasteiger partial charge in [-0.2, -0.15) is 0 Å². The lowest BCUT2D eigenvalue weighted by atomic mass is 10.1. The van der Waals surface area contributed by atoms with Crippen molar-refractivity contribution in [3.63, 3.8) is 0 Å². The highest BCUT2D eigenvalue weighted by Gasteiger charge is 2.09. The van der Waals surface area contributed by atoms with E-state index in [-0.39, 0.29) is 0 Å². The molecule has 0 amide bonds. The first-order chi connectivity index (χ1) is 4.43. The molecule has 1 aliphatic heterocycles. The van der Waals surface area contributed by atoms with Gasteiger partial charge in [0.2, 0.25) is 0 Å². The summed E-state index contributed by atoms with van der Waals surface area (Å²) in [6, 6.07) is 0.663. The maximum absolute atomic E-state index is 5.33. The largest absolute Gasteiger partial charge is 0.317 e. The second-order valence-electron chi connectivity index (χ2n) is 2.43. The third-order valence-corrected chi connectivity index (χ3v) is 1.75. The monoisotopic (exact) mass is 126 g/mol. The molecule has 0 aromatic rings. The standard InChI is InChI=1S/C7H14N2/c1-2-9-7-3-5-8-6-4-7/h1,7-9H,2-6H2. The van der Waals surface area contributed by atoms with Gasteiger partial charge in [0.25, 0.3) is 0 Å². The molecule has 2 nitrogen and oxygen atoms in total. The molecule has 2 heteroatoms. The Kier molecular flexibility index (Phi) is 3.01. The quantitative estimate of drug-likeness (QED) is 0.546. The summed E-state index contributed by atoms with van der Waals surface area (Å²) in [4.78, 5) is 0. The zero-order chi connectivity index (χ0) is 6.53. The topological polar surface area (TPSA) is 24.1 Å². The molecule has 0 saturated carbocycles. The molecule has 1 saturated heterocycles. The molecule has 1 rings (SSSR count). The maximum atomic E-state index is 5.33. The van der Waals surface area contributed by atoms with Crippen LogP contribution in [0.5, 0.6) is 0 Å². The highest BCUT2D eigenvalue weighted by molar-refractivity contribution is 4.73. The Morgan fingerprint density at radius 1 is 1.44 bits per heavy atom. The smallest absolute Gasteiger partial charge is 0.00913 e. The minimum absolute atomic E-state index is 0.616. The normalized spacial score (nSPS) is 22.3. The van der Waals surface area contributed by atoms with Crippen molar-refractivity contribution < 1.29 is 0 Å². The summed E-state index contributed by atoms with van der Waals surface area (Å²) in [5.41, 5.74) is 0. The van der Waals surface area contributed by atoms with E-state index in [4.69, 9.17) is 6.92 Å². The van der Waals surface area contributed by atoms with E-state index in [9.17, 15) is 0 Å². The first-order valence-corrected chi connectivity index (χ1v) is 3.57. The van der Waals surface area contributed by atoms with Crippen molar-refractivity contribution in [1.29, 1.82) is 0 Å². The van der Waals surface area contributed by atoms with Gasteiger partial charge in [-0.05, 0) is 39.4 Å². The Hall–Kier alpha value is -0.0800. The molecule has 52 valence electrons. The number of nitrogens with one attached hydrogen (secondary N) is 2. The van der Waals surface area contributed by atoms with E-state index < -0.39 is 0 Å². The zero-order valence-corrected chi connectivity index (χ0v) is 5.69. The predicted octanol–water partition coefficient (Wildman–Crippen LogP) is 0.0391. The van der Waals surface area contributed by atoms with Crippen LogP contribution >= 0.6 is 0 Å². The van der Waals surface area contributed by atoms with Crippen molar-refractivity contribution in [2.45, 2.75) is 18.9 Å². The van der Waals surface area contributed by atoms with Crippen LogP contribution in [0.15, 0.2) is 0 Å². The summed E-state index contributed by atoms with van der Waals surface area (Å²) in [6.07, 6.45) is 2.44. The molecule has 2 N–H and O–H groups in total. The van der Waals surface area contributed by atoms with E-state index >= 15 is 0 Å². The molecule has 0 aromatic carbocycles. The molecule has 2 radical (unpaired) electrons. The van der Waals surface area contributed by atoms with E-state index in [1.807, 2.05) is 0 Å². The Balaban J connectivity index is 2.08. The number of hydrogen-bond acceptors (Lipinski definition) is 2. The summed E-state index contributed by atoms with van der Waals surface area (Å²) in [6.45, 7) is 8.22. The number of piperidine rings is 1. The second kappa shape index (κ2) is 3.85. The van der Waals surface area contributed by atoms with Crippen LogP contribution in [0.3, 0.4) is 0 Å². The van der Waals surface area contributed by atoms with Crippen LogP contribution < -0.4 is 10.6 Å². The summed E-state index contributed by atoms with van der Waals surface area (Å²) in [7, 11) is 0. The van der Waals surface area contributed by atoms with Crippen LogP contribution in [0.1, 0.15) is 12.8 Å². The Morgan fingerprint density at radius 3 is 2.67 bits per heavy atom. The van der Waals surface area contributed by atoms with Crippen molar-refractivity contribution in [2.24, 2.45) is 0 Å². The molecule has 1 heterocycles. The molecule has 0 unspecified atom stereocenters. The summed E-state index contributed by atoms with van der Waals surface area (Å²) in [5.74, 6) is 0. The third-order valence-electron chi connectivity index (χ3n) is 1.75. The predicted molar refractivity (Wildman–Crippen MR) is 38.2 cm³/mol. The Bertz CT molecular complexity index is 64.6. The third kappa shape index (κ3) is 2.33. The van der Waals surface area contributed by atoms with Gasteiger partial charge in [-0.1, -0.05) is 0 Å². The van der Waals surface area contributed by atoms with Crippen molar-refractivity contribution >= 4 is 0 Å². The zero-order valence-electron chi connectivity index (χ0n) is 5.69. The lowest BCUT2D eigenvalue weighted by Gasteiger charge is -2.22. The van der Waals surface area contributed by atoms with Gasteiger partial charge in [-0.25, -0.2) is 0 Å². The Morgan fingerprint density at radius 2 is 2.11 bits per heavy atom. The summed E-state index contributed by atoms with van der Waals surface area (Å²) in [5, 5.41) is 6.51. The first kappa shape index (κ1) is 7.03. The Labute approximate surface area is 57.0 Å². The van der Waals surface area contributed by atoms with Gasteiger partial charge >= 0.3 is 0 Å². The van der Waals surface area contributed by atoms with Crippen molar-refractivity contribution in [1.82, 2.24) is 10.6 Å². The second-order valence-corrected chi connectivity index (χ2v) is 2.43. The van der Waals surface area contributed by atoms with Gasteiger partial charge < -0.3 is 10.6 Å². The van der Waals surface area contributed by atoms with Gasteiger partial charge in [-0.3, -0.25) is 0 Å². The van der Waals surface area contributed by atoms with Crippen LogP contribution in [0.25, 0.3) is 0 Å². The molecule has 1 fully saturated rings. The lowest BCUT2D eigenvalue weighted by molar-refractivity contribution is 0.399. The molecule has 0 spiro atoms. The fourth-order valence-corrected chi connectivity index (χ4v) is 1.19. The molecular formula is C7H14N2. The SMILES string of the molecule is [CH]CNC1CCNCC1. The van der Waals surface area contributed by atoms with Gasteiger partial charge in [-0.15, -0.1) is 0 Å². The van der Waals surface area contributed by atoms with Crippen molar-refractivity contribution in [2.75, 3.05) is 19.6 Å². The van der Waals surface area contributed by atoms with Crippen LogP contribution in [0.2, 0.25) is 0 Å². The van der Waals surface area contributed by atoms with E-state index in [0.717, 1.165) is 13.1 Å². The molecule has 0 aliphatic carbocycles. The average molecular weight is 126 g/mol. The van der Waals surface area contributed by atoms with Gasteiger partial charge in [0.1, 0.15) is 0 Å². The minimum Gasteiger partial charge on any atom is -0.317 e. The van der Waals surface area contributed by atoms with Gasteiger partial charge in [0.15, 0.2) is 0 Å². The molecule has 0 aromatic heterocycles. The highest BCUT2D eigenvalue weighted by atomic mass is 15.0. The maximum Gasteiger partial charge on any atom is 0.00913 e. The van der Waals surface area contributed by atoms with Crippen molar-refractivity contribution in [3.8, 4) is 0 Å². The molecule has 1 aliphatic rings. The fraction of sp³-hybridized carbons (Fsp3) is 0.857. The van der Waals surface area contributed by atoms with E-state index in [1.54, 1.807) is 0 Å². The van der Waals surface area contributed by atoms with E-state index in [1.165, 1.54) is 12.8 Å². The number of rotatable bonds is 2. The van der Waals surface area contributed by atoms with E-state index in [2.05, 4.69) is 10.6 Å². The van der Waals surface area contributed by atoms with Crippen LogP contribution in [0.4, 0.5) is 0 Å². The van der Waals surface area contributed by atoms with Crippen LogP contribution in [-0.2, 0) is 0 Å². The summed E-state index contributed by atoms with van der Waals surface area (Å²) >= 11 is 0. The van der Waals surface area contributed by atoms with Crippen LogP contribution in [0, 0.1) is 6.92 Å². The van der Waals surface area contributed by atoms with Gasteiger partial charge in [0.05, 0.1) is 0 Å².